The molecule has 0 aromatic heterocycles. The van der Waals surface area contributed by atoms with Crippen LogP contribution in [-0.4, -0.2) is 44.3 Å². The van der Waals surface area contributed by atoms with Crippen molar-refractivity contribution in [3.8, 4) is 0 Å². The molecule has 3 rings (SSSR count). The molecule has 0 aliphatic carbocycles. The van der Waals surface area contributed by atoms with Crippen LogP contribution in [0.5, 0.6) is 0 Å². The molecule has 3 aromatic carbocycles. The molecule has 3 aromatic rings. The summed E-state index contributed by atoms with van der Waals surface area (Å²) in [5.74, 6) is -0.902. The lowest BCUT2D eigenvalue weighted by Crippen LogP contribution is -2.51. The van der Waals surface area contributed by atoms with Crippen molar-refractivity contribution in [2.45, 2.75) is 44.7 Å². The first-order chi connectivity index (χ1) is 18.4. The molecule has 39 heavy (non-hydrogen) atoms. The molecule has 0 heterocycles. The first-order valence-electron chi connectivity index (χ1n) is 12.3. The van der Waals surface area contributed by atoms with Gasteiger partial charge in [-0.25, -0.2) is 8.42 Å². The number of carbonyl (C=O) groups excluding carboxylic acids is 2. The molecule has 2 amide bonds. The summed E-state index contributed by atoms with van der Waals surface area (Å²) in [6.07, 6.45) is 0.728. The third kappa shape index (κ3) is 7.97. The molecule has 0 saturated heterocycles. The van der Waals surface area contributed by atoms with Gasteiger partial charge in [0.1, 0.15) is 12.6 Å². The Labute approximate surface area is 248 Å². The van der Waals surface area contributed by atoms with E-state index < -0.39 is 28.5 Å². The molecule has 0 radical (unpaired) electrons. The molecule has 0 spiro atoms. The predicted octanol–water partition coefficient (Wildman–Crippen LogP) is 6.20. The molecule has 208 valence electrons. The second-order valence-electron chi connectivity index (χ2n) is 9.04. The number of nitrogens with one attached hydrogen (secondary N) is 1. The van der Waals surface area contributed by atoms with Crippen LogP contribution in [0, 0.1) is 6.92 Å². The maximum Gasteiger partial charge on any atom is 0.264 e. The normalized spacial score (nSPS) is 12.1. The molecular formula is C28H30BrCl2N3O4S. The standard InChI is InChI=1S/C28H30BrCl2N3O4S/c1-4-15-32-28(36)20(3)33(17-21-7-14-25(30)26(31)16-21)27(35)18-34(23-10-8-22(29)9-11-23)39(37,38)24-12-5-19(2)6-13-24/h5-14,16,20H,4,15,17-18H2,1-3H3,(H,32,36)/t20-/m0/s1. The van der Waals surface area contributed by atoms with Crippen LogP contribution < -0.4 is 9.62 Å². The number of rotatable bonds is 11. The Bertz CT molecular complexity index is 1420. The fourth-order valence-electron chi connectivity index (χ4n) is 3.79. The van der Waals surface area contributed by atoms with E-state index in [1.165, 1.54) is 17.0 Å². The van der Waals surface area contributed by atoms with Crippen molar-refractivity contribution in [1.82, 2.24) is 10.2 Å². The Kier molecular flexibility index (Phi) is 10.8. The van der Waals surface area contributed by atoms with Crippen molar-refractivity contribution >= 4 is 66.7 Å². The highest BCUT2D eigenvalue weighted by Gasteiger charge is 2.32. The van der Waals surface area contributed by atoms with Gasteiger partial charge in [-0.1, -0.05) is 69.8 Å². The fourth-order valence-corrected chi connectivity index (χ4v) is 5.79. The van der Waals surface area contributed by atoms with Gasteiger partial charge in [0.15, 0.2) is 0 Å². The van der Waals surface area contributed by atoms with E-state index in [0.29, 0.717) is 27.8 Å². The highest BCUT2D eigenvalue weighted by atomic mass is 79.9. The molecule has 0 aliphatic heterocycles. The minimum absolute atomic E-state index is 0.0230. The minimum Gasteiger partial charge on any atom is -0.354 e. The van der Waals surface area contributed by atoms with Crippen molar-refractivity contribution in [3.63, 3.8) is 0 Å². The number of benzene rings is 3. The van der Waals surface area contributed by atoms with E-state index in [1.807, 2.05) is 13.8 Å². The van der Waals surface area contributed by atoms with E-state index in [-0.39, 0.29) is 17.3 Å². The first kappa shape index (κ1) is 30.9. The third-order valence-corrected chi connectivity index (χ3v) is 9.11. The molecule has 0 aliphatic rings. The van der Waals surface area contributed by atoms with Crippen LogP contribution in [0.15, 0.2) is 76.1 Å². The SMILES string of the molecule is CCCNC(=O)[C@H](C)N(Cc1ccc(Cl)c(Cl)c1)C(=O)CN(c1ccc(Br)cc1)S(=O)(=O)c1ccc(C)cc1. The lowest BCUT2D eigenvalue weighted by molar-refractivity contribution is -0.139. The van der Waals surface area contributed by atoms with Gasteiger partial charge in [0.2, 0.25) is 11.8 Å². The van der Waals surface area contributed by atoms with Crippen LogP contribution >= 0.6 is 39.1 Å². The molecule has 11 heteroatoms. The lowest BCUT2D eigenvalue weighted by atomic mass is 10.1. The molecule has 1 atom stereocenters. The second kappa shape index (κ2) is 13.7. The lowest BCUT2D eigenvalue weighted by Gasteiger charge is -2.32. The zero-order chi connectivity index (χ0) is 28.7. The van der Waals surface area contributed by atoms with Crippen molar-refractivity contribution in [2.75, 3.05) is 17.4 Å². The highest BCUT2D eigenvalue weighted by Crippen LogP contribution is 2.27. The number of aryl methyl sites for hydroxylation is 1. The predicted molar refractivity (Wildman–Crippen MR) is 160 cm³/mol. The molecule has 0 unspecified atom stereocenters. The monoisotopic (exact) mass is 653 g/mol. The molecular weight excluding hydrogens is 625 g/mol. The number of carbonyl (C=O) groups is 2. The first-order valence-corrected chi connectivity index (χ1v) is 15.3. The number of sulfonamides is 1. The average Bonchev–Trinajstić information content (AvgIpc) is 2.91. The van der Waals surface area contributed by atoms with Crippen LogP contribution in [0.25, 0.3) is 0 Å². The zero-order valence-electron chi connectivity index (χ0n) is 21.8. The summed E-state index contributed by atoms with van der Waals surface area (Å²) < 4.78 is 29.4. The van der Waals surface area contributed by atoms with Crippen molar-refractivity contribution in [2.24, 2.45) is 0 Å². The maximum absolute atomic E-state index is 13.9. The van der Waals surface area contributed by atoms with E-state index in [2.05, 4.69) is 21.2 Å². The highest BCUT2D eigenvalue weighted by molar-refractivity contribution is 9.10. The summed E-state index contributed by atoms with van der Waals surface area (Å²) in [5.41, 5.74) is 1.86. The number of amides is 2. The molecule has 0 fully saturated rings. The third-order valence-electron chi connectivity index (χ3n) is 6.06. The van der Waals surface area contributed by atoms with E-state index in [9.17, 15) is 18.0 Å². The second-order valence-corrected chi connectivity index (χ2v) is 12.6. The van der Waals surface area contributed by atoms with Gasteiger partial charge in [0.05, 0.1) is 20.6 Å². The van der Waals surface area contributed by atoms with Crippen molar-refractivity contribution < 1.29 is 18.0 Å². The van der Waals surface area contributed by atoms with Crippen LogP contribution in [0.2, 0.25) is 10.0 Å². The number of anilines is 1. The van der Waals surface area contributed by atoms with Crippen LogP contribution in [0.4, 0.5) is 5.69 Å². The summed E-state index contributed by atoms with van der Waals surface area (Å²) >= 11 is 15.6. The maximum atomic E-state index is 13.9. The smallest absolute Gasteiger partial charge is 0.264 e. The van der Waals surface area contributed by atoms with Crippen LogP contribution in [0.1, 0.15) is 31.4 Å². The number of hydrogen-bond acceptors (Lipinski definition) is 4. The van der Waals surface area contributed by atoms with Gasteiger partial charge in [-0.15, -0.1) is 0 Å². The van der Waals surface area contributed by atoms with Gasteiger partial charge in [-0.05, 0) is 74.4 Å². The number of halogens is 3. The van der Waals surface area contributed by atoms with Crippen molar-refractivity contribution in [3.05, 3.63) is 92.4 Å². The van der Waals surface area contributed by atoms with Gasteiger partial charge >= 0.3 is 0 Å². The summed E-state index contributed by atoms with van der Waals surface area (Å²) in [4.78, 5) is 28.2. The molecule has 7 nitrogen and oxygen atoms in total. The quantitative estimate of drug-likeness (QED) is 0.267. The Morgan fingerprint density at radius 3 is 2.21 bits per heavy atom. The van der Waals surface area contributed by atoms with E-state index in [4.69, 9.17) is 23.2 Å². The van der Waals surface area contributed by atoms with Crippen LogP contribution in [0.3, 0.4) is 0 Å². The topological polar surface area (TPSA) is 86.8 Å². The largest absolute Gasteiger partial charge is 0.354 e. The van der Waals surface area contributed by atoms with Gasteiger partial charge in [-0.2, -0.15) is 0 Å². The summed E-state index contributed by atoms with van der Waals surface area (Å²) in [6.45, 7) is 5.34. The Morgan fingerprint density at radius 2 is 1.62 bits per heavy atom. The number of hydrogen-bond donors (Lipinski definition) is 1. The van der Waals surface area contributed by atoms with E-state index >= 15 is 0 Å². The molecule has 1 N–H and O–H groups in total. The van der Waals surface area contributed by atoms with Crippen molar-refractivity contribution in [1.29, 1.82) is 0 Å². The Hall–Kier alpha value is -2.59. The van der Waals surface area contributed by atoms with Gasteiger partial charge in [0, 0.05) is 17.6 Å². The summed E-state index contributed by atoms with van der Waals surface area (Å²) in [7, 11) is -4.13. The van der Waals surface area contributed by atoms with Gasteiger partial charge < -0.3 is 10.2 Å². The molecule has 0 bridgehead atoms. The molecule has 0 saturated carbocycles. The number of nitrogens with zero attached hydrogens (tertiary/aromatic N) is 2. The minimum atomic E-state index is -4.13. The van der Waals surface area contributed by atoms with Crippen LogP contribution in [-0.2, 0) is 26.2 Å². The van der Waals surface area contributed by atoms with Gasteiger partial charge in [0.25, 0.3) is 10.0 Å². The zero-order valence-corrected chi connectivity index (χ0v) is 25.7. The van der Waals surface area contributed by atoms with E-state index in [0.717, 1.165) is 20.8 Å². The van der Waals surface area contributed by atoms with Gasteiger partial charge in [-0.3, -0.25) is 13.9 Å². The fraction of sp³-hybridized carbons (Fsp3) is 0.286. The Morgan fingerprint density at radius 1 is 0.974 bits per heavy atom. The average molecular weight is 655 g/mol. The Balaban J connectivity index is 2.02. The van der Waals surface area contributed by atoms with E-state index in [1.54, 1.807) is 61.5 Å². The summed E-state index contributed by atoms with van der Waals surface area (Å²) in [6, 6.07) is 17.1. The summed E-state index contributed by atoms with van der Waals surface area (Å²) in [5, 5.41) is 3.48.